The predicted octanol–water partition coefficient (Wildman–Crippen LogP) is 3.29. The number of nitrogens with one attached hydrogen (secondary N) is 1. The fourth-order valence-corrected chi connectivity index (χ4v) is 1.97. The quantitative estimate of drug-likeness (QED) is 0.883. The molecule has 0 fully saturated rings. The monoisotopic (exact) mass is 319 g/mol. The van der Waals surface area contributed by atoms with Gasteiger partial charge in [-0.3, -0.25) is 14.3 Å². The minimum atomic E-state index is -0.565. The van der Waals surface area contributed by atoms with Crippen LogP contribution in [0.5, 0.6) is 0 Å². The van der Waals surface area contributed by atoms with E-state index in [1.807, 2.05) is 0 Å². The van der Waals surface area contributed by atoms with Gasteiger partial charge < -0.3 is 5.32 Å². The molecule has 1 N–H and O–H groups in total. The molecule has 0 saturated carbocycles. The first-order valence-corrected chi connectivity index (χ1v) is 7.21. The lowest BCUT2D eigenvalue weighted by molar-refractivity contribution is -0.123. The molecule has 0 radical (unpaired) electrons. The Balaban J connectivity index is 2.40. The minimum absolute atomic E-state index is 0.176. The Morgan fingerprint density at radius 3 is 2.45 bits per heavy atom. The van der Waals surface area contributed by atoms with Gasteiger partial charge in [-0.25, -0.2) is 0 Å². The van der Waals surface area contributed by atoms with Crippen LogP contribution in [-0.4, -0.2) is 21.5 Å². The number of aryl methyl sites for hydroxylation is 1. The van der Waals surface area contributed by atoms with Gasteiger partial charge >= 0.3 is 0 Å². The summed E-state index contributed by atoms with van der Waals surface area (Å²) in [6, 6.07) is 6.42. The van der Waals surface area contributed by atoms with E-state index in [2.05, 4.69) is 10.4 Å². The van der Waals surface area contributed by atoms with Crippen molar-refractivity contribution >= 4 is 29.0 Å². The highest BCUT2D eigenvalue weighted by molar-refractivity contribution is 6.31. The molecule has 5 nitrogen and oxygen atoms in total. The van der Waals surface area contributed by atoms with E-state index in [1.54, 1.807) is 56.9 Å². The Morgan fingerprint density at radius 1 is 1.23 bits per heavy atom. The molecule has 0 bridgehead atoms. The summed E-state index contributed by atoms with van der Waals surface area (Å²) in [5, 5.41) is 7.30. The summed E-state index contributed by atoms with van der Waals surface area (Å²) < 4.78 is 1.55. The first kappa shape index (κ1) is 16.2. The highest BCUT2D eigenvalue weighted by Crippen LogP contribution is 2.25. The zero-order valence-electron chi connectivity index (χ0n) is 13.0. The SMILES string of the molecule is Cn1ccc(C(=O)c2cc(Cl)ccc2NC(=O)C(C)(C)C)n1. The molecule has 0 saturated heterocycles. The van der Waals surface area contributed by atoms with Crippen LogP contribution < -0.4 is 5.32 Å². The third-order valence-electron chi connectivity index (χ3n) is 3.10. The molecule has 1 amide bonds. The number of ketones is 1. The molecule has 0 atom stereocenters. The highest BCUT2D eigenvalue weighted by Gasteiger charge is 2.24. The number of aromatic nitrogens is 2. The number of carbonyl (C=O) groups excluding carboxylic acids is 2. The number of hydrogen-bond donors (Lipinski definition) is 1. The van der Waals surface area contributed by atoms with Gasteiger partial charge in [0, 0.05) is 29.2 Å². The molecule has 1 heterocycles. The van der Waals surface area contributed by atoms with Crippen molar-refractivity contribution < 1.29 is 9.59 Å². The second-order valence-electron chi connectivity index (χ2n) is 6.10. The van der Waals surface area contributed by atoms with Gasteiger partial charge in [0.1, 0.15) is 5.69 Å². The fourth-order valence-electron chi connectivity index (χ4n) is 1.80. The topological polar surface area (TPSA) is 64.0 Å². The van der Waals surface area contributed by atoms with Crippen molar-refractivity contribution in [2.24, 2.45) is 12.5 Å². The molecule has 2 aromatic rings. The molecule has 0 aliphatic heterocycles. The Kier molecular flexibility index (Phi) is 4.37. The van der Waals surface area contributed by atoms with Gasteiger partial charge in [0.2, 0.25) is 11.7 Å². The number of halogens is 1. The smallest absolute Gasteiger partial charge is 0.229 e. The number of nitrogens with zero attached hydrogens (tertiary/aromatic N) is 2. The number of rotatable bonds is 3. The Morgan fingerprint density at radius 2 is 1.91 bits per heavy atom. The van der Waals surface area contributed by atoms with Gasteiger partial charge in [-0.1, -0.05) is 32.4 Å². The molecule has 116 valence electrons. The van der Waals surface area contributed by atoms with Crippen LogP contribution in [0.4, 0.5) is 5.69 Å². The third kappa shape index (κ3) is 3.54. The largest absolute Gasteiger partial charge is 0.325 e. The first-order chi connectivity index (χ1) is 10.2. The number of anilines is 1. The van der Waals surface area contributed by atoms with Crippen LogP contribution >= 0.6 is 11.6 Å². The zero-order valence-corrected chi connectivity index (χ0v) is 13.7. The van der Waals surface area contributed by atoms with E-state index in [4.69, 9.17) is 11.6 Å². The Bertz CT molecular complexity index is 729. The molecule has 22 heavy (non-hydrogen) atoms. The summed E-state index contributed by atoms with van der Waals surface area (Å²) >= 11 is 5.99. The van der Waals surface area contributed by atoms with E-state index in [0.29, 0.717) is 22.0 Å². The Labute approximate surface area is 134 Å². The van der Waals surface area contributed by atoms with Crippen LogP contribution in [0.3, 0.4) is 0 Å². The average molecular weight is 320 g/mol. The molecular weight excluding hydrogens is 302 g/mol. The van der Waals surface area contributed by atoms with Crippen LogP contribution in [0.15, 0.2) is 30.5 Å². The molecule has 1 aromatic heterocycles. The molecule has 2 rings (SSSR count). The van der Waals surface area contributed by atoms with Crippen molar-refractivity contribution in [2.45, 2.75) is 20.8 Å². The van der Waals surface area contributed by atoms with Gasteiger partial charge in [0.15, 0.2) is 0 Å². The third-order valence-corrected chi connectivity index (χ3v) is 3.34. The van der Waals surface area contributed by atoms with Gasteiger partial charge in [0.25, 0.3) is 0 Å². The van der Waals surface area contributed by atoms with Gasteiger partial charge in [-0.05, 0) is 24.3 Å². The van der Waals surface area contributed by atoms with Crippen molar-refractivity contribution in [1.82, 2.24) is 9.78 Å². The van der Waals surface area contributed by atoms with Crippen molar-refractivity contribution in [2.75, 3.05) is 5.32 Å². The van der Waals surface area contributed by atoms with E-state index < -0.39 is 5.41 Å². The van der Waals surface area contributed by atoms with Crippen LogP contribution in [-0.2, 0) is 11.8 Å². The maximum Gasteiger partial charge on any atom is 0.229 e. The first-order valence-electron chi connectivity index (χ1n) is 6.84. The van der Waals surface area contributed by atoms with Crippen LogP contribution in [0.25, 0.3) is 0 Å². The lowest BCUT2D eigenvalue weighted by Gasteiger charge is -2.19. The summed E-state index contributed by atoms with van der Waals surface area (Å²) in [6.45, 7) is 5.41. The second-order valence-corrected chi connectivity index (χ2v) is 6.53. The second kappa shape index (κ2) is 5.93. The molecule has 0 aliphatic carbocycles. The van der Waals surface area contributed by atoms with Crippen molar-refractivity contribution in [1.29, 1.82) is 0 Å². The minimum Gasteiger partial charge on any atom is -0.325 e. The molecule has 0 spiro atoms. The van der Waals surface area contributed by atoms with Crippen LogP contribution in [0.1, 0.15) is 36.8 Å². The predicted molar refractivity (Wildman–Crippen MR) is 86.2 cm³/mol. The standard InChI is InChI=1S/C16H18ClN3O2/c1-16(2,3)15(22)18-12-6-5-10(17)9-11(12)14(21)13-7-8-20(4)19-13/h5-9H,1-4H3,(H,18,22). The van der Waals surface area contributed by atoms with Crippen molar-refractivity contribution in [3.05, 3.63) is 46.7 Å². The van der Waals surface area contributed by atoms with E-state index in [0.717, 1.165) is 0 Å². The molecule has 0 unspecified atom stereocenters. The summed E-state index contributed by atoms with van der Waals surface area (Å²) in [4.78, 5) is 24.7. The summed E-state index contributed by atoms with van der Waals surface area (Å²) in [5.41, 5.74) is 0.491. The lowest BCUT2D eigenvalue weighted by Crippen LogP contribution is -2.28. The summed E-state index contributed by atoms with van der Waals surface area (Å²) in [5.74, 6) is -0.461. The zero-order chi connectivity index (χ0) is 16.5. The number of carbonyl (C=O) groups is 2. The van der Waals surface area contributed by atoms with Gasteiger partial charge in [-0.15, -0.1) is 0 Å². The maximum absolute atomic E-state index is 12.6. The van der Waals surface area contributed by atoms with Gasteiger partial charge in [0.05, 0.1) is 5.69 Å². The van der Waals surface area contributed by atoms with E-state index >= 15 is 0 Å². The van der Waals surface area contributed by atoms with Crippen molar-refractivity contribution in [3.8, 4) is 0 Å². The number of hydrogen-bond acceptors (Lipinski definition) is 3. The highest BCUT2D eigenvalue weighted by atomic mass is 35.5. The van der Waals surface area contributed by atoms with Crippen LogP contribution in [0.2, 0.25) is 5.02 Å². The molecule has 1 aromatic carbocycles. The summed E-state index contributed by atoms with van der Waals surface area (Å²) in [6.07, 6.45) is 1.69. The molecule has 6 heteroatoms. The maximum atomic E-state index is 12.6. The normalized spacial score (nSPS) is 11.3. The van der Waals surface area contributed by atoms with Gasteiger partial charge in [-0.2, -0.15) is 5.10 Å². The van der Waals surface area contributed by atoms with E-state index in [9.17, 15) is 9.59 Å². The summed E-state index contributed by atoms with van der Waals surface area (Å²) in [7, 11) is 1.73. The average Bonchev–Trinajstić information content (AvgIpc) is 2.85. The number of benzene rings is 1. The van der Waals surface area contributed by atoms with Crippen LogP contribution in [0, 0.1) is 5.41 Å². The Hall–Kier alpha value is -2.14. The molecular formula is C16H18ClN3O2. The number of amides is 1. The fraction of sp³-hybridized carbons (Fsp3) is 0.312. The van der Waals surface area contributed by atoms with Crippen molar-refractivity contribution in [3.63, 3.8) is 0 Å². The van der Waals surface area contributed by atoms with E-state index in [1.165, 1.54) is 6.07 Å². The molecule has 0 aliphatic rings. The lowest BCUT2D eigenvalue weighted by atomic mass is 9.95. The van der Waals surface area contributed by atoms with E-state index in [-0.39, 0.29) is 11.7 Å².